The van der Waals surface area contributed by atoms with E-state index >= 15 is 0 Å². The second kappa shape index (κ2) is 4.55. The summed E-state index contributed by atoms with van der Waals surface area (Å²) in [6, 6.07) is 13.2. The molecular formula is C13H9N3O2. The minimum atomic E-state index is -0.492. The number of anilines is 1. The van der Waals surface area contributed by atoms with Gasteiger partial charge in [-0.05, 0) is 29.3 Å². The Morgan fingerprint density at radius 3 is 2.61 bits per heavy atom. The van der Waals surface area contributed by atoms with Gasteiger partial charge >= 0.3 is 0 Å². The predicted molar refractivity (Wildman–Crippen MR) is 67.7 cm³/mol. The molecule has 0 spiro atoms. The fourth-order valence-electron chi connectivity index (χ4n) is 1.68. The Morgan fingerprint density at radius 2 is 1.94 bits per heavy atom. The molecule has 0 unspecified atom stereocenters. The molecule has 0 amide bonds. The van der Waals surface area contributed by atoms with Gasteiger partial charge in [-0.3, -0.25) is 10.1 Å². The number of benzene rings is 2. The third kappa shape index (κ3) is 2.28. The highest BCUT2D eigenvalue weighted by molar-refractivity contribution is 5.71. The van der Waals surface area contributed by atoms with Gasteiger partial charge in [-0.1, -0.05) is 12.1 Å². The first-order chi connectivity index (χ1) is 8.60. The first-order valence-electron chi connectivity index (χ1n) is 5.15. The van der Waals surface area contributed by atoms with E-state index in [9.17, 15) is 10.1 Å². The third-order valence-corrected chi connectivity index (χ3v) is 2.48. The molecule has 2 aromatic carbocycles. The van der Waals surface area contributed by atoms with Crippen molar-refractivity contribution < 1.29 is 4.92 Å². The number of nitrogen functional groups attached to an aromatic ring is 1. The first kappa shape index (κ1) is 11.6. The highest BCUT2D eigenvalue weighted by Gasteiger charge is 2.09. The summed E-state index contributed by atoms with van der Waals surface area (Å²) in [7, 11) is 0. The summed E-state index contributed by atoms with van der Waals surface area (Å²) in [5.74, 6) is 0. The normalized spacial score (nSPS) is 9.72. The molecule has 88 valence electrons. The Hall–Kier alpha value is -2.87. The van der Waals surface area contributed by atoms with Gasteiger partial charge in [0.25, 0.3) is 5.69 Å². The molecule has 0 saturated heterocycles. The van der Waals surface area contributed by atoms with Crippen LogP contribution in [0.15, 0.2) is 42.5 Å². The van der Waals surface area contributed by atoms with Crippen molar-refractivity contribution in [3.8, 4) is 17.2 Å². The lowest BCUT2D eigenvalue weighted by molar-refractivity contribution is -0.384. The number of nitriles is 1. The van der Waals surface area contributed by atoms with Gasteiger partial charge in [0.15, 0.2) is 0 Å². The van der Waals surface area contributed by atoms with E-state index in [2.05, 4.69) is 0 Å². The number of hydrogen-bond donors (Lipinski definition) is 1. The SMILES string of the molecule is N#Cc1cccc(-c2cc(N)cc([N+](=O)[O-])c2)c1. The fourth-order valence-corrected chi connectivity index (χ4v) is 1.68. The molecule has 2 rings (SSSR count). The van der Waals surface area contributed by atoms with Crippen molar-refractivity contribution in [3.05, 3.63) is 58.1 Å². The number of rotatable bonds is 2. The van der Waals surface area contributed by atoms with Gasteiger partial charge in [0, 0.05) is 17.8 Å². The average molecular weight is 239 g/mol. The van der Waals surface area contributed by atoms with Crippen molar-refractivity contribution in [2.24, 2.45) is 0 Å². The van der Waals surface area contributed by atoms with Gasteiger partial charge in [-0.2, -0.15) is 5.26 Å². The van der Waals surface area contributed by atoms with Crippen LogP contribution < -0.4 is 5.73 Å². The van der Waals surface area contributed by atoms with Crippen LogP contribution in [0.5, 0.6) is 0 Å². The predicted octanol–water partition coefficient (Wildman–Crippen LogP) is 2.72. The molecule has 5 heteroatoms. The number of nitro benzene ring substituents is 1. The van der Waals surface area contributed by atoms with Crippen LogP contribution in [0.2, 0.25) is 0 Å². The van der Waals surface area contributed by atoms with Gasteiger partial charge < -0.3 is 5.73 Å². The number of nitro groups is 1. The third-order valence-electron chi connectivity index (χ3n) is 2.48. The van der Waals surface area contributed by atoms with Crippen LogP contribution in [-0.2, 0) is 0 Å². The van der Waals surface area contributed by atoms with E-state index in [1.807, 2.05) is 6.07 Å². The van der Waals surface area contributed by atoms with E-state index in [-0.39, 0.29) is 5.69 Å². The molecule has 0 aliphatic heterocycles. The molecule has 0 heterocycles. The van der Waals surface area contributed by atoms with Crippen LogP contribution in [0.3, 0.4) is 0 Å². The Balaban J connectivity index is 2.57. The Labute approximate surface area is 103 Å². The summed E-state index contributed by atoms with van der Waals surface area (Å²) in [6.07, 6.45) is 0. The highest BCUT2D eigenvalue weighted by atomic mass is 16.6. The van der Waals surface area contributed by atoms with Crippen molar-refractivity contribution >= 4 is 11.4 Å². The Morgan fingerprint density at radius 1 is 1.17 bits per heavy atom. The maximum Gasteiger partial charge on any atom is 0.272 e. The van der Waals surface area contributed by atoms with Crippen molar-refractivity contribution in [2.45, 2.75) is 0 Å². The zero-order valence-electron chi connectivity index (χ0n) is 9.33. The van der Waals surface area contributed by atoms with Gasteiger partial charge in [0.2, 0.25) is 0 Å². The van der Waals surface area contributed by atoms with E-state index in [1.165, 1.54) is 12.1 Å². The summed E-state index contributed by atoms with van der Waals surface area (Å²) in [6.45, 7) is 0. The quantitative estimate of drug-likeness (QED) is 0.495. The Bertz CT molecular complexity index is 660. The standard InChI is InChI=1S/C13H9N3O2/c14-8-9-2-1-3-10(4-9)11-5-12(15)7-13(6-11)16(17)18/h1-7H,15H2. The van der Waals surface area contributed by atoms with E-state index < -0.39 is 4.92 Å². The van der Waals surface area contributed by atoms with Crippen molar-refractivity contribution in [3.63, 3.8) is 0 Å². The van der Waals surface area contributed by atoms with E-state index in [0.29, 0.717) is 16.8 Å². The van der Waals surface area contributed by atoms with Crippen molar-refractivity contribution in [1.29, 1.82) is 5.26 Å². The molecule has 0 fully saturated rings. The topological polar surface area (TPSA) is 93.0 Å². The van der Waals surface area contributed by atoms with Crippen LogP contribution in [0.25, 0.3) is 11.1 Å². The molecule has 0 saturated carbocycles. The lowest BCUT2D eigenvalue weighted by atomic mass is 10.0. The van der Waals surface area contributed by atoms with E-state index in [4.69, 9.17) is 11.0 Å². The molecular weight excluding hydrogens is 230 g/mol. The molecule has 0 bridgehead atoms. The van der Waals surface area contributed by atoms with Crippen LogP contribution in [0, 0.1) is 21.4 Å². The lowest BCUT2D eigenvalue weighted by Gasteiger charge is -2.03. The monoisotopic (exact) mass is 239 g/mol. The fraction of sp³-hybridized carbons (Fsp3) is 0. The maximum atomic E-state index is 10.8. The number of hydrogen-bond acceptors (Lipinski definition) is 4. The molecule has 0 aliphatic carbocycles. The van der Waals surface area contributed by atoms with Gasteiger partial charge in [-0.25, -0.2) is 0 Å². The molecule has 0 radical (unpaired) electrons. The van der Waals surface area contributed by atoms with Gasteiger partial charge in [0.1, 0.15) is 0 Å². The van der Waals surface area contributed by atoms with E-state index in [1.54, 1.807) is 30.3 Å². The lowest BCUT2D eigenvalue weighted by Crippen LogP contribution is -1.93. The molecule has 5 nitrogen and oxygen atoms in total. The second-order valence-electron chi connectivity index (χ2n) is 3.76. The largest absolute Gasteiger partial charge is 0.399 e. The summed E-state index contributed by atoms with van der Waals surface area (Å²) < 4.78 is 0. The summed E-state index contributed by atoms with van der Waals surface area (Å²) in [5.41, 5.74) is 7.74. The van der Waals surface area contributed by atoms with Crippen LogP contribution >= 0.6 is 0 Å². The summed E-state index contributed by atoms with van der Waals surface area (Å²) in [5, 5.41) is 19.6. The van der Waals surface area contributed by atoms with Crippen molar-refractivity contribution in [2.75, 3.05) is 5.73 Å². The zero-order chi connectivity index (χ0) is 13.1. The molecule has 0 aliphatic rings. The smallest absolute Gasteiger partial charge is 0.272 e. The first-order valence-corrected chi connectivity index (χ1v) is 5.15. The van der Waals surface area contributed by atoms with Gasteiger partial charge in [-0.15, -0.1) is 0 Å². The molecule has 0 aromatic heterocycles. The average Bonchev–Trinajstić information content (AvgIpc) is 2.38. The minimum Gasteiger partial charge on any atom is -0.399 e. The minimum absolute atomic E-state index is 0.0626. The van der Waals surface area contributed by atoms with Crippen LogP contribution in [-0.4, -0.2) is 4.92 Å². The van der Waals surface area contributed by atoms with Crippen LogP contribution in [0.4, 0.5) is 11.4 Å². The maximum absolute atomic E-state index is 10.8. The Kier molecular flexibility index (Phi) is 2.94. The highest BCUT2D eigenvalue weighted by Crippen LogP contribution is 2.27. The van der Waals surface area contributed by atoms with E-state index in [0.717, 1.165) is 5.56 Å². The van der Waals surface area contributed by atoms with Crippen LogP contribution in [0.1, 0.15) is 5.56 Å². The molecule has 2 N–H and O–H groups in total. The summed E-state index contributed by atoms with van der Waals surface area (Å²) in [4.78, 5) is 10.3. The number of non-ortho nitro benzene ring substituents is 1. The molecule has 18 heavy (non-hydrogen) atoms. The summed E-state index contributed by atoms with van der Waals surface area (Å²) >= 11 is 0. The molecule has 2 aromatic rings. The molecule has 0 atom stereocenters. The number of nitrogens with zero attached hydrogens (tertiary/aromatic N) is 2. The van der Waals surface area contributed by atoms with Crippen molar-refractivity contribution in [1.82, 2.24) is 0 Å². The zero-order valence-corrected chi connectivity index (χ0v) is 9.33. The second-order valence-corrected chi connectivity index (χ2v) is 3.76. The number of nitrogens with two attached hydrogens (primary N) is 1. The van der Waals surface area contributed by atoms with Gasteiger partial charge in [0.05, 0.1) is 16.6 Å².